The fraction of sp³-hybridized carbons (Fsp3) is 0.643. The van der Waals surface area contributed by atoms with Gasteiger partial charge in [0.25, 0.3) is 0 Å². The Labute approximate surface area is 99.4 Å². The molecule has 0 saturated heterocycles. The van der Waals surface area contributed by atoms with Crippen molar-refractivity contribution in [3.05, 3.63) is 23.3 Å². The van der Waals surface area contributed by atoms with E-state index < -0.39 is 0 Å². The van der Waals surface area contributed by atoms with Gasteiger partial charge >= 0.3 is 0 Å². The van der Waals surface area contributed by atoms with Crippen LogP contribution >= 0.6 is 0 Å². The fourth-order valence-corrected chi connectivity index (χ4v) is 2.03. The van der Waals surface area contributed by atoms with Gasteiger partial charge in [-0.15, -0.1) is 0 Å². The van der Waals surface area contributed by atoms with Crippen LogP contribution in [-0.2, 0) is 6.54 Å². The Hall–Kier alpha value is -1.05. The molecule has 0 radical (unpaired) electrons. The minimum Gasteiger partial charge on any atom is -0.328 e. The minimum atomic E-state index is 0.483. The first kappa shape index (κ1) is 13.0. The topological polar surface area (TPSA) is 17.8 Å². The van der Waals surface area contributed by atoms with E-state index in [0.717, 1.165) is 6.54 Å². The molecule has 0 aliphatic rings. The van der Waals surface area contributed by atoms with Crippen molar-refractivity contribution in [1.29, 1.82) is 0 Å². The number of hydrogen-bond acceptors (Lipinski definition) is 1. The molecule has 2 heteroatoms. The molecule has 0 atom stereocenters. The third kappa shape index (κ3) is 2.37. The Morgan fingerprint density at radius 3 is 2.19 bits per heavy atom. The molecule has 1 aromatic rings. The number of hydrogen-bond donors (Lipinski definition) is 0. The minimum absolute atomic E-state index is 0.483. The van der Waals surface area contributed by atoms with Crippen LogP contribution in [0.15, 0.2) is 6.08 Å². The first-order valence-corrected chi connectivity index (χ1v) is 6.25. The summed E-state index contributed by atoms with van der Waals surface area (Å²) in [6.45, 7) is 14.1. The van der Waals surface area contributed by atoms with Crippen LogP contribution in [-0.4, -0.2) is 9.55 Å². The molecule has 0 spiro atoms. The maximum Gasteiger partial charge on any atom is 0.112 e. The molecule has 1 aromatic heterocycles. The van der Waals surface area contributed by atoms with Gasteiger partial charge in [0.05, 0.1) is 11.4 Å². The zero-order valence-electron chi connectivity index (χ0n) is 11.4. The van der Waals surface area contributed by atoms with E-state index in [1.807, 2.05) is 0 Å². The molecule has 0 bridgehead atoms. The predicted octanol–water partition coefficient (Wildman–Crippen LogP) is 4.18. The van der Waals surface area contributed by atoms with Gasteiger partial charge in [0.15, 0.2) is 0 Å². The van der Waals surface area contributed by atoms with Crippen molar-refractivity contribution in [2.24, 2.45) is 0 Å². The Balaban J connectivity index is 3.39. The van der Waals surface area contributed by atoms with Crippen LogP contribution in [0.3, 0.4) is 0 Å². The van der Waals surface area contributed by atoms with Gasteiger partial charge in [-0.05, 0) is 25.8 Å². The van der Waals surface area contributed by atoms with Crippen molar-refractivity contribution < 1.29 is 0 Å². The van der Waals surface area contributed by atoms with E-state index in [2.05, 4.69) is 58.3 Å². The summed E-state index contributed by atoms with van der Waals surface area (Å²) in [5.41, 5.74) is 2.51. The normalized spacial score (nSPS) is 12.2. The molecule has 0 unspecified atom stereocenters. The monoisotopic (exact) mass is 220 g/mol. The number of allylic oxidation sites excluding steroid dienone is 1. The Morgan fingerprint density at radius 2 is 1.81 bits per heavy atom. The molecule has 0 aromatic carbocycles. The second kappa shape index (κ2) is 5.33. The van der Waals surface area contributed by atoms with E-state index in [0.29, 0.717) is 11.8 Å². The van der Waals surface area contributed by atoms with Crippen molar-refractivity contribution in [3.8, 4) is 0 Å². The van der Waals surface area contributed by atoms with Crippen LogP contribution in [0.2, 0.25) is 0 Å². The SMILES string of the molecule is C/C=C\c1c(C(C)C)nc(C(C)C)n1CC. The van der Waals surface area contributed by atoms with Gasteiger partial charge in [-0.1, -0.05) is 33.8 Å². The average Bonchev–Trinajstić information content (AvgIpc) is 2.57. The van der Waals surface area contributed by atoms with E-state index in [9.17, 15) is 0 Å². The van der Waals surface area contributed by atoms with E-state index in [-0.39, 0.29) is 0 Å². The molecule has 90 valence electrons. The van der Waals surface area contributed by atoms with Crippen molar-refractivity contribution in [2.75, 3.05) is 0 Å². The summed E-state index contributed by atoms with van der Waals surface area (Å²) < 4.78 is 2.33. The summed E-state index contributed by atoms with van der Waals surface area (Å²) in [6, 6.07) is 0. The lowest BCUT2D eigenvalue weighted by molar-refractivity contribution is 0.648. The third-order valence-electron chi connectivity index (χ3n) is 2.77. The van der Waals surface area contributed by atoms with Gasteiger partial charge in [0.1, 0.15) is 5.82 Å². The van der Waals surface area contributed by atoms with Gasteiger partial charge in [0, 0.05) is 12.5 Å². The standard InChI is InChI=1S/C14H24N2/c1-7-9-12-13(10(3)4)15-14(11(5)6)16(12)8-2/h7,9-11H,8H2,1-6H3/b9-7-. The summed E-state index contributed by atoms with van der Waals surface area (Å²) >= 11 is 0. The summed E-state index contributed by atoms with van der Waals surface area (Å²) in [7, 11) is 0. The Kier molecular flexibility index (Phi) is 4.34. The summed E-state index contributed by atoms with van der Waals surface area (Å²) in [6.07, 6.45) is 4.27. The first-order chi connectivity index (χ1) is 7.52. The van der Waals surface area contributed by atoms with Gasteiger partial charge in [-0.3, -0.25) is 0 Å². The Bertz CT molecular complexity index is 370. The van der Waals surface area contributed by atoms with Gasteiger partial charge in [0.2, 0.25) is 0 Å². The van der Waals surface area contributed by atoms with Crippen molar-refractivity contribution in [2.45, 2.75) is 59.9 Å². The van der Waals surface area contributed by atoms with Crippen LogP contribution in [0.5, 0.6) is 0 Å². The summed E-state index contributed by atoms with van der Waals surface area (Å²) in [5, 5.41) is 0. The van der Waals surface area contributed by atoms with Crippen molar-refractivity contribution >= 4 is 6.08 Å². The van der Waals surface area contributed by atoms with E-state index >= 15 is 0 Å². The molecule has 2 nitrogen and oxygen atoms in total. The van der Waals surface area contributed by atoms with Crippen LogP contribution in [0.1, 0.15) is 70.6 Å². The second-order valence-corrected chi connectivity index (χ2v) is 4.79. The smallest absolute Gasteiger partial charge is 0.112 e. The predicted molar refractivity (Wildman–Crippen MR) is 70.8 cm³/mol. The number of rotatable bonds is 4. The van der Waals surface area contributed by atoms with Gasteiger partial charge < -0.3 is 4.57 Å². The van der Waals surface area contributed by atoms with Crippen LogP contribution in [0, 0.1) is 0 Å². The maximum absolute atomic E-state index is 4.81. The molecule has 0 aliphatic carbocycles. The van der Waals surface area contributed by atoms with E-state index in [1.165, 1.54) is 17.2 Å². The molecule has 16 heavy (non-hydrogen) atoms. The van der Waals surface area contributed by atoms with E-state index in [4.69, 9.17) is 4.98 Å². The highest BCUT2D eigenvalue weighted by atomic mass is 15.1. The number of imidazole rings is 1. The third-order valence-corrected chi connectivity index (χ3v) is 2.77. The summed E-state index contributed by atoms with van der Waals surface area (Å²) in [5.74, 6) is 2.17. The number of aromatic nitrogens is 2. The van der Waals surface area contributed by atoms with Crippen LogP contribution < -0.4 is 0 Å². The molecule has 0 aliphatic heterocycles. The summed E-state index contributed by atoms with van der Waals surface area (Å²) in [4.78, 5) is 4.81. The maximum atomic E-state index is 4.81. The van der Waals surface area contributed by atoms with Crippen LogP contribution in [0.25, 0.3) is 6.08 Å². The Morgan fingerprint density at radius 1 is 1.19 bits per heavy atom. The average molecular weight is 220 g/mol. The lowest BCUT2D eigenvalue weighted by atomic mass is 10.1. The van der Waals surface area contributed by atoms with Gasteiger partial charge in [-0.2, -0.15) is 0 Å². The van der Waals surface area contributed by atoms with E-state index in [1.54, 1.807) is 0 Å². The van der Waals surface area contributed by atoms with Crippen molar-refractivity contribution in [1.82, 2.24) is 9.55 Å². The lowest BCUT2D eigenvalue weighted by Gasteiger charge is -2.09. The molecular formula is C14H24N2. The highest BCUT2D eigenvalue weighted by Crippen LogP contribution is 2.25. The highest BCUT2D eigenvalue weighted by Gasteiger charge is 2.17. The molecule has 0 fully saturated rings. The zero-order valence-corrected chi connectivity index (χ0v) is 11.4. The quantitative estimate of drug-likeness (QED) is 0.744. The molecule has 0 amide bonds. The molecule has 1 heterocycles. The molecule has 0 N–H and O–H groups in total. The molecule has 0 saturated carbocycles. The second-order valence-electron chi connectivity index (χ2n) is 4.79. The van der Waals surface area contributed by atoms with Gasteiger partial charge in [-0.25, -0.2) is 4.98 Å². The van der Waals surface area contributed by atoms with Crippen molar-refractivity contribution in [3.63, 3.8) is 0 Å². The molecular weight excluding hydrogens is 196 g/mol. The zero-order chi connectivity index (χ0) is 12.3. The lowest BCUT2D eigenvalue weighted by Crippen LogP contribution is -2.05. The first-order valence-electron chi connectivity index (χ1n) is 6.25. The largest absolute Gasteiger partial charge is 0.328 e. The highest BCUT2D eigenvalue weighted by molar-refractivity contribution is 5.50. The molecule has 1 rings (SSSR count). The number of nitrogens with zero attached hydrogens (tertiary/aromatic N) is 2. The fourth-order valence-electron chi connectivity index (χ4n) is 2.03. The van der Waals surface area contributed by atoms with Crippen LogP contribution in [0.4, 0.5) is 0 Å².